The van der Waals surface area contributed by atoms with Crippen LogP contribution in [-0.4, -0.2) is 65.1 Å². The standard InChI is InChI=1S/C26H38N4O2/c31-24-9-1-7-22-20-13-18(15-29(22)24)14-28(16-20)12-4-5-19-17-30-23(8-2-10-25(30)32)21-6-3-11-27-26(19)21/h1,7,9,18-21,23,26-27H,2-6,8,10-17H2/t18-,19-,20-,21+,23+,26+/m1/s1. The van der Waals surface area contributed by atoms with Gasteiger partial charge in [0.15, 0.2) is 0 Å². The van der Waals surface area contributed by atoms with Gasteiger partial charge in [0.25, 0.3) is 5.56 Å². The number of carbonyl (C=O) groups excluding carboxylic acids is 1. The summed E-state index contributed by atoms with van der Waals surface area (Å²) >= 11 is 0. The molecule has 5 aliphatic heterocycles. The van der Waals surface area contributed by atoms with Gasteiger partial charge in [-0.2, -0.15) is 0 Å². The van der Waals surface area contributed by atoms with E-state index in [1.54, 1.807) is 6.07 Å². The summed E-state index contributed by atoms with van der Waals surface area (Å²) in [6.45, 7) is 6.36. The topological polar surface area (TPSA) is 57.6 Å². The van der Waals surface area contributed by atoms with Gasteiger partial charge < -0.3 is 19.7 Å². The molecule has 174 valence electrons. The summed E-state index contributed by atoms with van der Waals surface area (Å²) in [6.07, 6.45) is 9.26. The Kier molecular flexibility index (Phi) is 5.62. The molecule has 0 spiro atoms. The van der Waals surface area contributed by atoms with Gasteiger partial charge in [-0.25, -0.2) is 0 Å². The van der Waals surface area contributed by atoms with Crippen LogP contribution in [0, 0.1) is 17.8 Å². The highest BCUT2D eigenvalue weighted by atomic mass is 16.2. The summed E-state index contributed by atoms with van der Waals surface area (Å²) in [5.74, 6) is 2.78. The summed E-state index contributed by atoms with van der Waals surface area (Å²) in [7, 11) is 0. The van der Waals surface area contributed by atoms with Crippen molar-refractivity contribution in [3.05, 3.63) is 34.2 Å². The van der Waals surface area contributed by atoms with E-state index in [0.29, 0.717) is 41.7 Å². The lowest BCUT2D eigenvalue weighted by Gasteiger charge is -2.53. The predicted molar refractivity (Wildman–Crippen MR) is 125 cm³/mol. The number of rotatable bonds is 4. The third-order valence-corrected chi connectivity index (χ3v) is 9.20. The van der Waals surface area contributed by atoms with Crippen molar-refractivity contribution in [1.82, 2.24) is 19.7 Å². The van der Waals surface area contributed by atoms with Gasteiger partial charge in [-0.1, -0.05) is 6.07 Å². The maximum absolute atomic E-state index is 12.7. The number of piperidine rings is 4. The van der Waals surface area contributed by atoms with Crippen LogP contribution in [0.15, 0.2) is 23.0 Å². The molecular weight excluding hydrogens is 400 g/mol. The molecule has 6 atom stereocenters. The van der Waals surface area contributed by atoms with Crippen LogP contribution in [0.3, 0.4) is 0 Å². The minimum absolute atomic E-state index is 0.169. The zero-order chi connectivity index (χ0) is 21.7. The van der Waals surface area contributed by atoms with Crippen LogP contribution in [0.25, 0.3) is 0 Å². The lowest BCUT2D eigenvalue weighted by molar-refractivity contribution is -0.144. The molecule has 6 heteroatoms. The Morgan fingerprint density at radius 3 is 2.91 bits per heavy atom. The smallest absolute Gasteiger partial charge is 0.250 e. The number of likely N-dealkylation sites (tertiary alicyclic amines) is 1. The number of fused-ring (bicyclic) bond motifs is 7. The number of nitrogens with one attached hydrogen (secondary N) is 1. The number of nitrogens with zero attached hydrogens (tertiary/aromatic N) is 3. The lowest BCUT2D eigenvalue weighted by atomic mass is 9.70. The Bertz CT molecular complexity index is 913. The fourth-order valence-corrected chi connectivity index (χ4v) is 7.91. The van der Waals surface area contributed by atoms with Gasteiger partial charge in [0, 0.05) is 62.4 Å². The normalized spacial score (nSPS) is 36.9. The Morgan fingerprint density at radius 1 is 1.03 bits per heavy atom. The zero-order valence-corrected chi connectivity index (χ0v) is 19.3. The van der Waals surface area contributed by atoms with Gasteiger partial charge in [0.05, 0.1) is 0 Å². The molecule has 0 aliphatic carbocycles. The van der Waals surface area contributed by atoms with Crippen molar-refractivity contribution in [2.75, 3.05) is 32.7 Å². The van der Waals surface area contributed by atoms with Gasteiger partial charge >= 0.3 is 0 Å². The summed E-state index contributed by atoms with van der Waals surface area (Å²) in [4.78, 5) is 29.9. The molecule has 5 aliphatic rings. The fourth-order valence-electron chi connectivity index (χ4n) is 7.91. The van der Waals surface area contributed by atoms with E-state index in [0.717, 1.165) is 52.1 Å². The largest absolute Gasteiger partial charge is 0.339 e. The Labute approximate surface area is 191 Å². The fraction of sp³-hybridized carbons (Fsp3) is 0.769. The molecule has 0 saturated carbocycles. The van der Waals surface area contributed by atoms with Crippen molar-refractivity contribution >= 4 is 5.91 Å². The first kappa shape index (κ1) is 20.9. The van der Waals surface area contributed by atoms with Crippen molar-refractivity contribution in [2.45, 2.75) is 75.9 Å². The number of carbonyl (C=O) groups is 1. The first-order chi connectivity index (χ1) is 15.7. The second-order valence-electron chi connectivity index (χ2n) is 11.2. The maximum atomic E-state index is 12.7. The molecule has 32 heavy (non-hydrogen) atoms. The van der Waals surface area contributed by atoms with Gasteiger partial charge in [0.1, 0.15) is 0 Å². The second-order valence-corrected chi connectivity index (χ2v) is 11.2. The van der Waals surface area contributed by atoms with Crippen molar-refractivity contribution in [3.63, 3.8) is 0 Å². The Hall–Kier alpha value is -1.66. The number of amides is 1. The number of pyridine rings is 1. The first-order valence-electron chi connectivity index (χ1n) is 13.1. The molecule has 2 bridgehead atoms. The van der Waals surface area contributed by atoms with Crippen molar-refractivity contribution in [1.29, 1.82) is 0 Å². The summed E-state index contributed by atoms with van der Waals surface area (Å²) in [6, 6.07) is 6.90. The monoisotopic (exact) mass is 438 g/mol. The molecule has 6 heterocycles. The highest BCUT2D eigenvalue weighted by molar-refractivity contribution is 5.77. The highest BCUT2D eigenvalue weighted by Crippen LogP contribution is 2.40. The van der Waals surface area contributed by atoms with E-state index < -0.39 is 0 Å². The molecule has 4 fully saturated rings. The van der Waals surface area contributed by atoms with Crippen molar-refractivity contribution < 1.29 is 4.79 Å². The summed E-state index contributed by atoms with van der Waals surface area (Å²) in [5.41, 5.74) is 1.41. The molecule has 4 saturated heterocycles. The highest BCUT2D eigenvalue weighted by Gasteiger charge is 2.46. The molecule has 1 amide bonds. The predicted octanol–water partition coefficient (Wildman–Crippen LogP) is 2.43. The van der Waals surface area contributed by atoms with E-state index in [1.807, 2.05) is 10.6 Å². The summed E-state index contributed by atoms with van der Waals surface area (Å²) < 4.78 is 2.03. The third-order valence-electron chi connectivity index (χ3n) is 9.20. The Morgan fingerprint density at radius 2 is 1.97 bits per heavy atom. The summed E-state index contributed by atoms with van der Waals surface area (Å²) in [5, 5.41) is 3.87. The molecule has 1 aromatic heterocycles. The van der Waals surface area contributed by atoms with Gasteiger partial charge in [-0.05, 0) is 81.9 Å². The van der Waals surface area contributed by atoms with Crippen LogP contribution in [0.5, 0.6) is 0 Å². The van der Waals surface area contributed by atoms with E-state index in [1.165, 1.54) is 44.2 Å². The zero-order valence-electron chi connectivity index (χ0n) is 19.3. The second kappa shape index (κ2) is 8.60. The lowest BCUT2D eigenvalue weighted by Crippen LogP contribution is -2.64. The van der Waals surface area contributed by atoms with E-state index in [9.17, 15) is 9.59 Å². The quantitative estimate of drug-likeness (QED) is 0.785. The van der Waals surface area contributed by atoms with Gasteiger partial charge in [-0.3, -0.25) is 9.59 Å². The van der Waals surface area contributed by atoms with Crippen molar-refractivity contribution in [3.8, 4) is 0 Å². The molecule has 1 N–H and O–H groups in total. The first-order valence-corrected chi connectivity index (χ1v) is 13.1. The van der Waals surface area contributed by atoms with E-state index in [2.05, 4.69) is 21.2 Å². The van der Waals surface area contributed by atoms with Crippen LogP contribution in [0.1, 0.15) is 63.0 Å². The molecule has 6 nitrogen and oxygen atoms in total. The van der Waals surface area contributed by atoms with Crippen molar-refractivity contribution in [2.24, 2.45) is 17.8 Å². The van der Waals surface area contributed by atoms with E-state index in [-0.39, 0.29) is 5.56 Å². The molecule has 1 aromatic rings. The van der Waals surface area contributed by atoms with Gasteiger partial charge in [0.2, 0.25) is 5.91 Å². The molecular formula is C26H38N4O2. The average Bonchev–Trinajstić information content (AvgIpc) is 2.80. The molecule has 0 unspecified atom stereocenters. The molecule has 0 aromatic carbocycles. The van der Waals surface area contributed by atoms with Gasteiger partial charge in [-0.15, -0.1) is 0 Å². The minimum atomic E-state index is 0.169. The van der Waals surface area contributed by atoms with Crippen LogP contribution in [0.2, 0.25) is 0 Å². The van der Waals surface area contributed by atoms with E-state index >= 15 is 0 Å². The van der Waals surface area contributed by atoms with E-state index in [4.69, 9.17) is 0 Å². The third kappa shape index (κ3) is 3.73. The van der Waals surface area contributed by atoms with Crippen LogP contribution >= 0.6 is 0 Å². The van der Waals surface area contributed by atoms with Crippen LogP contribution in [-0.2, 0) is 11.3 Å². The molecule has 6 rings (SSSR count). The molecule has 0 radical (unpaired) electrons. The Balaban J connectivity index is 1.09. The number of hydrogen-bond donors (Lipinski definition) is 1. The minimum Gasteiger partial charge on any atom is -0.339 e. The van der Waals surface area contributed by atoms with Crippen LogP contribution < -0.4 is 10.9 Å². The number of hydrogen-bond acceptors (Lipinski definition) is 4. The van der Waals surface area contributed by atoms with Crippen LogP contribution in [0.4, 0.5) is 0 Å². The average molecular weight is 439 g/mol. The SMILES string of the molecule is O=C1CCC[C@H]2[C@@H]3CCCN[C@H]3[C@H](CCCN3C[C@H]4C[C@H](C3)c3cccc(=O)n3C4)CN12. The number of aromatic nitrogens is 1. The maximum Gasteiger partial charge on any atom is 0.250 e.